The molecule has 1 aliphatic heterocycles. The lowest BCUT2D eigenvalue weighted by molar-refractivity contribution is -0.121. The van der Waals surface area contributed by atoms with Crippen molar-refractivity contribution in [2.75, 3.05) is 7.05 Å². The Balaban J connectivity index is 1.59. The van der Waals surface area contributed by atoms with E-state index in [0.29, 0.717) is 15.8 Å². The molecule has 0 atom stereocenters. The number of benzene rings is 2. The van der Waals surface area contributed by atoms with Crippen LogP contribution in [0.2, 0.25) is 0 Å². The summed E-state index contributed by atoms with van der Waals surface area (Å²) in [5.74, 6) is 1.34. The maximum atomic E-state index is 12.5. The minimum atomic E-state index is -0.0812. The van der Waals surface area contributed by atoms with Gasteiger partial charge >= 0.3 is 0 Å². The van der Waals surface area contributed by atoms with Crippen molar-refractivity contribution in [2.45, 2.75) is 0 Å². The van der Waals surface area contributed by atoms with Crippen molar-refractivity contribution in [1.29, 1.82) is 0 Å². The number of carbonyl (C=O) groups excluding carboxylic acids is 1. The molecule has 5 heteroatoms. The number of hydrogen-bond donors (Lipinski definition) is 0. The Bertz CT molecular complexity index is 991. The van der Waals surface area contributed by atoms with Crippen molar-refractivity contribution in [3.63, 3.8) is 0 Å². The molecule has 4 rings (SSSR count). The van der Waals surface area contributed by atoms with Gasteiger partial charge < -0.3 is 4.42 Å². The first kappa shape index (κ1) is 16.4. The summed E-state index contributed by atoms with van der Waals surface area (Å²) in [7, 11) is 1.73. The topological polar surface area (TPSA) is 45.8 Å². The Labute approximate surface area is 155 Å². The third-order valence-electron chi connectivity index (χ3n) is 3.94. The summed E-state index contributed by atoms with van der Waals surface area (Å²) in [6, 6.07) is 23.3. The standard InChI is InChI=1S/C21H16N2O2S/c1-23-20(24)19(26-21(23)22-16-10-6-3-7-11-16)14-17-12-13-18(25-17)15-8-4-2-5-9-15/h2-14H,1H3/b19-14-,22-21+. The fourth-order valence-electron chi connectivity index (χ4n) is 2.58. The number of para-hydroxylation sites is 1. The highest BCUT2D eigenvalue weighted by molar-refractivity contribution is 8.18. The fraction of sp³-hybridized carbons (Fsp3) is 0.0476. The van der Waals surface area contributed by atoms with Crippen LogP contribution in [0.15, 0.2) is 87.1 Å². The molecule has 0 N–H and O–H groups in total. The van der Waals surface area contributed by atoms with Gasteiger partial charge in [0.1, 0.15) is 11.5 Å². The highest BCUT2D eigenvalue weighted by atomic mass is 32.2. The summed E-state index contributed by atoms with van der Waals surface area (Å²) < 4.78 is 5.87. The highest BCUT2D eigenvalue weighted by Crippen LogP contribution is 2.34. The Morgan fingerprint density at radius 2 is 1.65 bits per heavy atom. The van der Waals surface area contributed by atoms with Crippen LogP contribution in [0.25, 0.3) is 17.4 Å². The molecule has 128 valence electrons. The number of amides is 1. The van der Waals surface area contributed by atoms with Gasteiger partial charge in [0, 0.05) is 18.7 Å². The van der Waals surface area contributed by atoms with Gasteiger partial charge in [0.05, 0.1) is 10.6 Å². The number of furan rings is 1. The summed E-state index contributed by atoms with van der Waals surface area (Å²) in [5.41, 5.74) is 1.83. The summed E-state index contributed by atoms with van der Waals surface area (Å²) >= 11 is 1.35. The van der Waals surface area contributed by atoms with E-state index in [0.717, 1.165) is 17.0 Å². The van der Waals surface area contributed by atoms with Crippen molar-refractivity contribution >= 4 is 34.6 Å². The van der Waals surface area contributed by atoms with Crippen molar-refractivity contribution in [1.82, 2.24) is 4.90 Å². The van der Waals surface area contributed by atoms with E-state index >= 15 is 0 Å². The molecule has 1 saturated heterocycles. The van der Waals surface area contributed by atoms with Crippen LogP contribution in [-0.4, -0.2) is 23.0 Å². The van der Waals surface area contributed by atoms with Gasteiger partial charge in [-0.05, 0) is 36.0 Å². The molecule has 1 aromatic heterocycles. The van der Waals surface area contributed by atoms with Crippen molar-refractivity contribution in [2.24, 2.45) is 4.99 Å². The number of thioether (sulfide) groups is 1. The molecule has 4 nitrogen and oxygen atoms in total. The second-order valence-electron chi connectivity index (χ2n) is 5.77. The summed E-state index contributed by atoms with van der Waals surface area (Å²) in [4.78, 5) is 19.2. The summed E-state index contributed by atoms with van der Waals surface area (Å²) in [6.45, 7) is 0. The molecule has 0 unspecified atom stereocenters. The predicted molar refractivity (Wildman–Crippen MR) is 106 cm³/mol. The Morgan fingerprint density at radius 1 is 0.962 bits per heavy atom. The fourth-order valence-corrected chi connectivity index (χ4v) is 3.55. The van der Waals surface area contributed by atoms with Gasteiger partial charge in [0.25, 0.3) is 5.91 Å². The summed E-state index contributed by atoms with van der Waals surface area (Å²) in [6.07, 6.45) is 1.77. The lowest BCUT2D eigenvalue weighted by Gasteiger charge is -2.06. The van der Waals surface area contributed by atoms with Crippen LogP contribution in [0.3, 0.4) is 0 Å². The van der Waals surface area contributed by atoms with Crippen LogP contribution in [0.5, 0.6) is 0 Å². The van der Waals surface area contributed by atoms with E-state index in [-0.39, 0.29) is 5.91 Å². The zero-order chi connectivity index (χ0) is 17.9. The Kier molecular flexibility index (Phi) is 4.46. The number of carbonyl (C=O) groups is 1. The molecule has 1 amide bonds. The number of rotatable bonds is 3. The number of aliphatic imine (C=N–C) groups is 1. The Hall–Kier alpha value is -3.05. The van der Waals surface area contributed by atoms with Gasteiger partial charge in [-0.25, -0.2) is 4.99 Å². The van der Waals surface area contributed by atoms with E-state index in [4.69, 9.17) is 4.42 Å². The van der Waals surface area contributed by atoms with Crippen LogP contribution in [0.1, 0.15) is 5.76 Å². The molecule has 3 aromatic rings. The van der Waals surface area contributed by atoms with Crippen molar-refractivity contribution in [3.8, 4) is 11.3 Å². The van der Waals surface area contributed by atoms with Crippen LogP contribution >= 0.6 is 11.8 Å². The first-order chi connectivity index (χ1) is 12.7. The van der Waals surface area contributed by atoms with E-state index in [9.17, 15) is 4.79 Å². The SMILES string of the molecule is CN1C(=O)/C(=C/c2ccc(-c3ccccc3)o2)S/C1=N/c1ccccc1. The van der Waals surface area contributed by atoms with E-state index in [1.807, 2.05) is 72.8 Å². The normalized spacial score (nSPS) is 17.4. The van der Waals surface area contributed by atoms with E-state index in [1.165, 1.54) is 11.8 Å². The molecular formula is C21H16N2O2S. The molecule has 0 spiro atoms. The number of hydrogen-bond acceptors (Lipinski definition) is 4. The number of amidine groups is 1. The number of likely N-dealkylation sites (N-methyl/N-ethyl adjacent to an activating group) is 1. The molecule has 2 aromatic carbocycles. The van der Waals surface area contributed by atoms with E-state index in [2.05, 4.69) is 4.99 Å². The van der Waals surface area contributed by atoms with Gasteiger partial charge in [0.2, 0.25) is 0 Å². The van der Waals surface area contributed by atoms with Crippen molar-refractivity contribution < 1.29 is 9.21 Å². The van der Waals surface area contributed by atoms with Crippen LogP contribution in [0, 0.1) is 0 Å². The highest BCUT2D eigenvalue weighted by Gasteiger charge is 2.30. The average molecular weight is 360 g/mol. The molecule has 0 radical (unpaired) electrons. The van der Waals surface area contributed by atoms with Gasteiger partial charge in [-0.3, -0.25) is 9.69 Å². The van der Waals surface area contributed by atoms with Gasteiger partial charge in [-0.15, -0.1) is 0 Å². The van der Waals surface area contributed by atoms with Crippen LogP contribution in [-0.2, 0) is 4.79 Å². The monoisotopic (exact) mass is 360 g/mol. The quantitative estimate of drug-likeness (QED) is 0.605. The molecule has 0 saturated carbocycles. The largest absolute Gasteiger partial charge is 0.457 e. The molecule has 1 aliphatic rings. The lowest BCUT2D eigenvalue weighted by atomic mass is 10.2. The van der Waals surface area contributed by atoms with Crippen LogP contribution in [0.4, 0.5) is 5.69 Å². The molecular weight excluding hydrogens is 344 g/mol. The summed E-state index contributed by atoms with van der Waals surface area (Å²) in [5, 5.41) is 0.655. The number of nitrogens with zero attached hydrogens (tertiary/aromatic N) is 2. The van der Waals surface area contributed by atoms with Crippen molar-refractivity contribution in [3.05, 3.63) is 83.5 Å². The molecule has 0 bridgehead atoms. The first-order valence-corrected chi connectivity index (χ1v) is 8.99. The third kappa shape index (κ3) is 3.34. The molecule has 2 heterocycles. The van der Waals surface area contributed by atoms with E-state index < -0.39 is 0 Å². The van der Waals surface area contributed by atoms with Gasteiger partial charge in [0.15, 0.2) is 5.17 Å². The lowest BCUT2D eigenvalue weighted by Crippen LogP contribution is -2.23. The zero-order valence-corrected chi connectivity index (χ0v) is 14.9. The molecule has 1 fully saturated rings. The Morgan fingerprint density at radius 3 is 2.38 bits per heavy atom. The average Bonchev–Trinajstić information content (AvgIpc) is 3.25. The third-order valence-corrected chi connectivity index (χ3v) is 5.00. The van der Waals surface area contributed by atoms with E-state index in [1.54, 1.807) is 18.0 Å². The zero-order valence-electron chi connectivity index (χ0n) is 14.1. The second-order valence-corrected chi connectivity index (χ2v) is 6.78. The van der Waals surface area contributed by atoms with Crippen LogP contribution < -0.4 is 0 Å². The maximum Gasteiger partial charge on any atom is 0.266 e. The minimum absolute atomic E-state index is 0.0812. The minimum Gasteiger partial charge on any atom is -0.457 e. The maximum absolute atomic E-state index is 12.5. The van der Waals surface area contributed by atoms with Gasteiger partial charge in [-0.1, -0.05) is 48.5 Å². The molecule has 0 aliphatic carbocycles. The van der Waals surface area contributed by atoms with Gasteiger partial charge in [-0.2, -0.15) is 0 Å². The first-order valence-electron chi connectivity index (χ1n) is 8.17. The molecule has 26 heavy (non-hydrogen) atoms. The predicted octanol–water partition coefficient (Wildman–Crippen LogP) is 5.18. The second kappa shape index (κ2) is 7.06. The smallest absolute Gasteiger partial charge is 0.266 e.